The molecule has 1 aliphatic rings. The van der Waals surface area contributed by atoms with Gasteiger partial charge in [0.1, 0.15) is 0 Å². The van der Waals surface area contributed by atoms with E-state index in [1.165, 1.54) is 35.6 Å². The van der Waals surface area contributed by atoms with Crippen molar-refractivity contribution >= 4 is 10.8 Å². The molecule has 1 aliphatic carbocycles. The second-order valence-electron chi connectivity index (χ2n) is 6.29. The predicted octanol–water partition coefficient (Wildman–Crippen LogP) is 3.97. The Kier molecular flexibility index (Phi) is 4.02. The fourth-order valence-electron chi connectivity index (χ4n) is 3.80. The molecule has 2 nitrogen and oxygen atoms in total. The van der Waals surface area contributed by atoms with Crippen molar-refractivity contribution in [2.45, 2.75) is 32.1 Å². The highest BCUT2D eigenvalue weighted by molar-refractivity contribution is 5.85. The number of hydrogen-bond donors (Lipinski definition) is 1. The van der Waals surface area contributed by atoms with E-state index in [1.54, 1.807) is 0 Å². The molecule has 0 amide bonds. The maximum Gasteiger partial charge on any atom is 0.0346 e. The Morgan fingerprint density at radius 2 is 2.15 bits per heavy atom. The van der Waals surface area contributed by atoms with Crippen LogP contribution in [-0.4, -0.2) is 18.6 Å². The summed E-state index contributed by atoms with van der Waals surface area (Å²) < 4.78 is 0. The van der Waals surface area contributed by atoms with E-state index in [1.807, 2.05) is 12.4 Å². The summed E-state index contributed by atoms with van der Waals surface area (Å²) in [6.07, 6.45) is 7.93. The Hall–Kier alpha value is -1.41. The third-order valence-electron chi connectivity index (χ3n) is 4.84. The molecular formula is C18H24N2. The average molecular weight is 268 g/mol. The third kappa shape index (κ3) is 2.57. The molecule has 3 rings (SSSR count). The topological polar surface area (TPSA) is 24.9 Å². The first-order valence-corrected chi connectivity index (χ1v) is 7.77. The standard InChI is InChI=1S/C18H24N2/c1-13-6-7-15(11-19-2)18(10-13)17-5-3-4-14-12-20-9-8-16(14)17/h3-5,8-9,12-13,15,18-19H,6-7,10-11H2,1-2H3. The number of aromatic nitrogens is 1. The largest absolute Gasteiger partial charge is 0.319 e. The summed E-state index contributed by atoms with van der Waals surface area (Å²) in [7, 11) is 2.07. The van der Waals surface area contributed by atoms with Gasteiger partial charge in [0.25, 0.3) is 0 Å². The summed E-state index contributed by atoms with van der Waals surface area (Å²) in [5.74, 6) is 2.28. The van der Waals surface area contributed by atoms with Gasteiger partial charge < -0.3 is 5.32 Å². The lowest BCUT2D eigenvalue weighted by atomic mass is 9.71. The van der Waals surface area contributed by atoms with Crippen LogP contribution in [0, 0.1) is 11.8 Å². The van der Waals surface area contributed by atoms with Gasteiger partial charge in [0.2, 0.25) is 0 Å². The van der Waals surface area contributed by atoms with Crippen LogP contribution in [0.25, 0.3) is 10.8 Å². The van der Waals surface area contributed by atoms with E-state index in [-0.39, 0.29) is 0 Å². The SMILES string of the molecule is CNCC1CCC(C)CC1c1cccc2cnccc12. The smallest absolute Gasteiger partial charge is 0.0346 e. The van der Waals surface area contributed by atoms with Gasteiger partial charge >= 0.3 is 0 Å². The second kappa shape index (κ2) is 5.92. The highest BCUT2D eigenvalue weighted by Gasteiger charge is 2.30. The minimum atomic E-state index is 0.678. The minimum absolute atomic E-state index is 0.678. The number of pyridine rings is 1. The number of hydrogen-bond acceptors (Lipinski definition) is 2. The van der Waals surface area contributed by atoms with E-state index >= 15 is 0 Å². The van der Waals surface area contributed by atoms with E-state index in [2.05, 4.69) is 48.5 Å². The zero-order valence-corrected chi connectivity index (χ0v) is 12.5. The van der Waals surface area contributed by atoms with Crippen LogP contribution in [-0.2, 0) is 0 Å². The molecule has 0 saturated heterocycles. The van der Waals surface area contributed by atoms with Crippen molar-refractivity contribution in [3.05, 3.63) is 42.2 Å². The molecule has 3 unspecified atom stereocenters. The molecule has 0 radical (unpaired) electrons. The summed E-state index contributed by atoms with van der Waals surface area (Å²) in [6, 6.07) is 8.87. The molecule has 1 fully saturated rings. The molecule has 1 aromatic carbocycles. The summed E-state index contributed by atoms with van der Waals surface area (Å²) in [4.78, 5) is 4.26. The molecule has 2 aromatic rings. The summed E-state index contributed by atoms with van der Waals surface area (Å²) in [5.41, 5.74) is 1.52. The van der Waals surface area contributed by atoms with Gasteiger partial charge in [-0.15, -0.1) is 0 Å². The van der Waals surface area contributed by atoms with Gasteiger partial charge in [0.05, 0.1) is 0 Å². The molecule has 20 heavy (non-hydrogen) atoms. The maximum absolute atomic E-state index is 4.26. The summed E-state index contributed by atoms with van der Waals surface area (Å²) in [5, 5.41) is 6.05. The fraction of sp³-hybridized carbons (Fsp3) is 0.500. The van der Waals surface area contributed by atoms with Crippen LogP contribution in [0.5, 0.6) is 0 Å². The lowest BCUT2D eigenvalue weighted by molar-refractivity contribution is 0.246. The monoisotopic (exact) mass is 268 g/mol. The predicted molar refractivity (Wildman–Crippen MR) is 84.9 cm³/mol. The van der Waals surface area contributed by atoms with E-state index in [0.29, 0.717) is 5.92 Å². The Morgan fingerprint density at radius 1 is 1.25 bits per heavy atom. The van der Waals surface area contributed by atoms with E-state index in [4.69, 9.17) is 0 Å². The van der Waals surface area contributed by atoms with Gasteiger partial charge in [-0.3, -0.25) is 4.98 Å². The Bertz CT molecular complexity index is 573. The number of nitrogens with one attached hydrogen (secondary N) is 1. The zero-order chi connectivity index (χ0) is 13.9. The van der Waals surface area contributed by atoms with Crippen LogP contribution in [0.1, 0.15) is 37.7 Å². The van der Waals surface area contributed by atoms with Crippen molar-refractivity contribution in [2.24, 2.45) is 11.8 Å². The Morgan fingerprint density at radius 3 is 3.00 bits per heavy atom. The molecule has 3 atom stereocenters. The van der Waals surface area contributed by atoms with Gasteiger partial charge in [-0.25, -0.2) is 0 Å². The van der Waals surface area contributed by atoms with E-state index < -0.39 is 0 Å². The van der Waals surface area contributed by atoms with Crippen LogP contribution in [0.3, 0.4) is 0 Å². The van der Waals surface area contributed by atoms with Crippen molar-refractivity contribution in [3.63, 3.8) is 0 Å². The molecule has 1 saturated carbocycles. The van der Waals surface area contributed by atoms with Gasteiger partial charge in [0, 0.05) is 17.8 Å². The first kappa shape index (κ1) is 13.6. The van der Waals surface area contributed by atoms with Gasteiger partial charge in [-0.2, -0.15) is 0 Å². The lowest BCUT2D eigenvalue weighted by Crippen LogP contribution is -2.30. The quantitative estimate of drug-likeness (QED) is 0.911. The van der Waals surface area contributed by atoms with Crippen molar-refractivity contribution in [2.75, 3.05) is 13.6 Å². The first-order chi connectivity index (χ1) is 9.79. The normalized spacial score (nSPS) is 26.8. The Balaban J connectivity index is 2.02. The summed E-state index contributed by atoms with van der Waals surface area (Å²) in [6.45, 7) is 3.52. The van der Waals surface area contributed by atoms with Crippen molar-refractivity contribution in [3.8, 4) is 0 Å². The third-order valence-corrected chi connectivity index (χ3v) is 4.84. The molecular weight excluding hydrogens is 244 g/mol. The van der Waals surface area contributed by atoms with Crippen molar-refractivity contribution in [1.29, 1.82) is 0 Å². The zero-order valence-electron chi connectivity index (χ0n) is 12.5. The number of rotatable bonds is 3. The first-order valence-electron chi connectivity index (χ1n) is 7.77. The molecule has 1 N–H and O–H groups in total. The van der Waals surface area contributed by atoms with Crippen LogP contribution in [0.2, 0.25) is 0 Å². The van der Waals surface area contributed by atoms with Crippen LogP contribution >= 0.6 is 0 Å². The molecule has 106 valence electrons. The lowest BCUT2D eigenvalue weighted by Gasteiger charge is -2.36. The minimum Gasteiger partial charge on any atom is -0.319 e. The number of nitrogens with zero attached hydrogens (tertiary/aromatic N) is 1. The average Bonchev–Trinajstić information content (AvgIpc) is 2.49. The van der Waals surface area contributed by atoms with Crippen LogP contribution in [0.15, 0.2) is 36.7 Å². The molecule has 1 aromatic heterocycles. The van der Waals surface area contributed by atoms with E-state index in [9.17, 15) is 0 Å². The van der Waals surface area contributed by atoms with Gasteiger partial charge in [-0.1, -0.05) is 31.5 Å². The van der Waals surface area contributed by atoms with Crippen LogP contribution < -0.4 is 5.32 Å². The molecule has 0 bridgehead atoms. The van der Waals surface area contributed by atoms with Crippen molar-refractivity contribution < 1.29 is 0 Å². The second-order valence-corrected chi connectivity index (χ2v) is 6.29. The van der Waals surface area contributed by atoms with E-state index in [0.717, 1.165) is 18.4 Å². The van der Waals surface area contributed by atoms with Crippen LogP contribution in [0.4, 0.5) is 0 Å². The summed E-state index contributed by atoms with van der Waals surface area (Å²) >= 11 is 0. The van der Waals surface area contributed by atoms with Gasteiger partial charge in [-0.05, 0) is 61.2 Å². The highest BCUT2D eigenvalue weighted by Crippen LogP contribution is 2.42. The molecule has 2 heteroatoms. The maximum atomic E-state index is 4.26. The van der Waals surface area contributed by atoms with Crippen molar-refractivity contribution in [1.82, 2.24) is 10.3 Å². The number of fused-ring (bicyclic) bond motifs is 1. The molecule has 1 heterocycles. The fourth-order valence-corrected chi connectivity index (χ4v) is 3.80. The Labute approximate surface area is 121 Å². The molecule has 0 aliphatic heterocycles. The number of benzene rings is 1. The van der Waals surface area contributed by atoms with Gasteiger partial charge in [0.15, 0.2) is 0 Å². The molecule has 0 spiro atoms. The highest BCUT2D eigenvalue weighted by atomic mass is 14.8.